The highest BCUT2D eigenvalue weighted by molar-refractivity contribution is 5.74. The number of nitrogen functional groups attached to an aromatic ring is 1. The Kier molecular flexibility index (Phi) is 4.92. The van der Waals surface area contributed by atoms with Gasteiger partial charge in [0.2, 0.25) is 0 Å². The first-order chi connectivity index (χ1) is 15.6. The summed E-state index contributed by atoms with van der Waals surface area (Å²) in [5.74, 6) is 0.457. The maximum absolute atomic E-state index is 12.6. The summed E-state index contributed by atoms with van der Waals surface area (Å²) in [6.45, 7) is 1.91. The van der Waals surface area contributed by atoms with Crippen LogP contribution in [0, 0.1) is 6.92 Å². The molecule has 6 nitrogen and oxygen atoms in total. The summed E-state index contributed by atoms with van der Waals surface area (Å²) in [5, 5.41) is 21.5. The van der Waals surface area contributed by atoms with Gasteiger partial charge in [0.25, 0.3) is 0 Å². The number of benzene rings is 3. The Morgan fingerprint density at radius 3 is 2.09 bits per heavy atom. The molecule has 2 heterocycles. The van der Waals surface area contributed by atoms with Gasteiger partial charge in [-0.25, -0.2) is 9.67 Å². The van der Waals surface area contributed by atoms with Gasteiger partial charge in [0.15, 0.2) is 0 Å². The molecule has 0 spiro atoms. The second-order valence-corrected chi connectivity index (χ2v) is 7.89. The van der Waals surface area contributed by atoms with Crippen molar-refractivity contribution in [3.8, 4) is 0 Å². The summed E-state index contributed by atoms with van der Waals surface area (Å²) < 4.78 is 1.78. The minimum atomic E-state index is -1.46. The third-order valence-electron chi connectivity index (χ3n) is 5.90. The van der Waals surface area contributed by atoms with Gasteiger partial charge in [-0.2, -0.15) is 0 Å². The van der Waals surface area contributed by atoms with Crippen LogP contribution in [-0.4, -0.2) is 25.1 Å². The van der Waals surface area contributed by atoms with Gasteiger partial charge >= 0.3 is 0 Å². The Labute approximate surface area is 186 Å². The van der Waals surface area contributed by atoms with Crippen LogP contribution in [0.4, 0.5) is 5.82 Å². The van der Waals surface area contributed by atoms with Gasteiger partial charge in [-0.15, -0.1) is 5.10 Å². The molecular formula is C26H23N5O. The molecule has 0 aliphatic carbocycles. The van der Waals surface area contributed by atoms with Crippen LogP contribution in [0.25, 0.3) is 11.0 Å². The molecule has 0 saturated carbocycles. The number of aromatic nitrogens is 4. The SMILES string of the molecule is Cc1cc(C(n2nnc3ccccc32)C(O)(c2ccccc2)c2ccccc2)cnc1N. The molecule has 0 saturated heterocycles. The highest BCUT2D eigenvalue weighted by Gasteiger charge is 2.44. The van der Waals surface area contributed by atoms with Crippen molar-refractivity contribution in [2.45, 2.75) is 18.6 Å². The lowest BCUT2D eigenvalue weighted by Crippen LogP contribution is -2.39. The normalized spacial score (nSPS) is 12.7. The number of aryl methyl sites for hydroxylation is 1. The van der Waals surface area contributed by atoms with E-state index in [1.54, 1.807) is 10.9 Å². The number of rotatable bonds is 5. The molecule has 1 unspecified atom stereocenters. The number of hydrogen-bond donors (Lipinski definition) is 2. The fourth-order valence-corrected chi connectivity index (χ4v) is 4.26. The standard InChI is InChI=1S/C26H23N5O/c1-18-16-19(17-28-25(18)27)24(31-23-15-9-8-14-22(23)29-30-31)26(32,20-10-4-2-5-11-20)21-12-6-3-7-13-21/h2-17,24,32H,1H3,(H2,27,28). The van der Waals surface area contributed by atoms with Gasteiger partial charge in [-0.3, -0.25) is 0 Å². The van der Waals surface area contributed by atoms with Crippen LogP contribution in [0.15, 0.2) is 97.2 Å². The average molecular weight is 422 g/mol. The molecule has 158 valence electrons. The van der Waals surface area contributed by atoms with E-state index in [1.807, 2.05) is 97.9 Å². The first-order valence-electron chi connectivity index (χ1n) is 10.4. The predicted molar refractivity (Wildman–Crippen MR) is 125 cm³/mol. The lowest BCUT2D eigenvalue weighted by molar-refractivity contribution is 0.0345. The second-order valence-electron chi connectivity index (χ2n) is 7.89. The first-order valence-corrected chi connectivity index (χ1v) is 10.4. The maximum atomic E-state index is 12.6. The van der Waals surface area contributed by atoms with Crippen LogP contribution < -0.4 is 5.73 Å². The third kappa shape index (κ3) is 3.21. The summed E-state index contributed by atoms with van der Waals surface area (Å²) >= 11 is 0. The predicted octanol–water partition coefficient (Wildman–Crippen LogP) is 4.24. The number of pyridine rings is 1. The van der Waals surface area contributed by atoms with Crippen molar-refractivity contribution in [1.82, 2.24) is 20.0 Å². The van der Waals surface area contributed by atoms with E-state index in [9.17, 15) is 5.11 Å². The van der Waals surface area contributed by atoms with E-state index < -0.39 is 11.6 Å². The minimum Gasteiger partial charge on any atom is -0.383 e. The van der Waals surface area contributed by atoms with Gasteiger partial charge in [0.1, 0.15) is 23.0 Å². The van der Waals surface area contributed by atoms with E-state index in [0.717, 1.165) is 33.3 Å². The molecular weight excluding hydrogens is 398 g/mol. The highest BCUT2D eigenvalue weighted by Crippen LogP contribution is 2.44. The highest BCUT2D eigenvalue weighted by atomic mass is 16.3. The smallest absolute Gasteiger partial charge is 0.141 e. The Morgan fingerprint density at radius 1 is 0.875 bits per heavy atom. The van der Waals surface area contributed by atoms with Crippen molar-refractivity contribution in [3.05, 3.63) is 119 Å². The zero-order valence-electron chi connectivity index (χ0n) is 17.6. The number of anilines is 1. The van der Waals surface area contributed by atoms with E-state index in [2.05, 4.69) is 15.3 Å². The minimum absolute atomic E-state index is 0.457. The molecule has 3 N–H and O–H groups in total. The van der Waals surface area contributed by atoms with Crippen molar-refractivity contribution in [2.75, 3.05) is 5.73 Å². The Balaban J connectivity index is 1.86. The summed E-state index contributed by atoms with van der Waals surface area (Å²) in [6, 6.07) is 28.3. The van der Waals surface area contributed by atoms with Crippen molar-refractivity contribution in [2.24, 2.45) is 0 Å². The molecule has 3 aromatic carbocycles. The van der Waals surface area contributed by atoms with Crippen LogP contribution in [0.2, 0.25) is 0 Å². The van der Waals surface area contributed by atoms with Crippen LogP contribution in [0.1, 0.15) is 28.3 Å². The molecule has 5 aromatic rings. The number of aliphatic hydroxyl groups is 1. The molecule has 0 bridgehead atoms. The first kappa shape index (κ1) is 19.9. The molecule has 0 aliphatic heterocycles. The Bertz CT molecular complexity index is 1330. The zero-order valence-corrected chi connectivity index (χ0v) is 17.6. The molecule has 0 aliphatic rings. The van der Waals surface area contributed by atoms with Gasteiger partial charge in [-0.05, 0) is 47.4 Å². The quantitative estimate of drug-likeness (QED) is 0.443. The zero-order chi connectivity index (χ0) is 22.1. The van der Waals surface area contributed by atoms with Gasteiger partial charge < -0.3 is 10.8 Å². The van der Waals surface area contributed by atoms with Crippen LogP contribution >= 0.6 is 0 Å². The van der Waals surface area contributed by atoms with E-state index in [4.69, 9.17) is 5.73 Å². The van der Waals surface area contributed by atoms with Gasteiger partial charge in [-0.1, -0.05) is 78.0 Å². The number of nitrogens with zero attached hydrogens (tertiary/aromatic N) is 4. The lowest BCUT2D eigenvalue weighted by atomic mass is 9.77. The largest absolute Gasteiger partial charge is 0.383 e. The summed E-state index contributed by atoms with van der Waals surface area (Å²) in [5.41, 5.74) is 9.23. The molecule has 2 aromatic heterocycles. The number of hydrogen-bond acceptors (Lipinski definition) is 5. The van der Waals surface area contributed by atoms with E-state index in [1.165, 1.54) is 0 Å². The maximum Gasteiger partial charge on any atom is 0.141 e. The van der Waals surface area contributed by atoms with Crippen LogP contribution in [-0.2, 0) is 5.60 Å². The fraction of sp³-hybridized carbons (Fsp3) is 0.115. The Hall–Kier alpha value is -4.03. The summed E-state index contributed by atoms with van der Waals surface area (Å²) in [7, 11) is 0. The van der Waals surface area contributed by atoms with E-state index >= 15 is 0 Å². The van der Waals surface area contributed by atoms with Crippen molar-refractivity contribution >= 4 is 16.9 Å². The van der Waals surface area contributed by atoms with Gasteiger partial charge in [0.05, 0.1) is 5.52 Å². The summed E-state index contributed by atoms with van der Waals surface area (Å²) in [6.07, 6.45) is 1.71. The molecule has 0 fully saturated rings. The number of nitrogens with two attached hydrogens (primary N) is 1. The third-order valence-corrected chi connectivity index (χ3v) is 5.90. The molecule has 6 heteroatoms. The van der Waals surface area contributed by atoms with Crippen molar-refractivity contribution in [1.29, 1.82) is 0 Å². The molecule has 0 amide bonds. The van der Waals surface area contributed by atoms with Crippen LogP contribution in [0.5, 0.6) is 0 Å². The lowest BCUT2D eigenvalue weighted by Gasteiger charge is -2.37. The van der Waals surface area contributed by atoms with Crippen molar-refractivity contribution in [3.63, 3.8) is 0 Å². The summed E-state index contributed by atoms with van der Waals surface area (Å²) in [4.78, 5) is 4.40. The average Bonchev–Trinajstić information content (AvgIpc) is 3.26. The molecule has 32 heavy (non-hydrogen) atoms. The second kappa shape index (κ2) is 7.90. The molecule has 1 atom stereocenters. The van der Waals surface area contributed by atoms with Crippen molar-refractivity contribution < 1.29 is 5.11 Å². The monoisotopic (exact) mass is 421 g/mol. The number of fused-ring (bicyclic) bond motifs is 1. The number of para-hydroxylation sites is 1. The molecule has 5 rings (SSSR count). The van der Waals surface area contributed by atoms with Crippen LogP contribution in [0.3, 0.4) is 0 Å². The Morgan fingerprint density at radius 2 is 1.47 bits per heavy atom. The topological polar surface area (TPSA) is 89.8 Å². The molecule has 0 radical (unpaired) electrons. The van der Waals surface area contributed by atoms with Gasteiger partial charge in [0, 0.05) is 6.20 Å². The fourth-order valence-electron chi connectivity index (χ4n) is 4.26. The van der Waals surface area contributed by atoms with E-state index in [-0.39, 0.29) is 0 Å². The van der Waals surface area contributed by atoms with E-state index in [0.29, 0.717) is 5.82 Å².